The highest BCUT2D eigenvalue weighted by Crippen LogP contribution is 2.17. The summed E-state index contributed by atoms with van der Waals surface area (Å²) in [6.45, 7) is 8.67. The number of benzene rings is 1. The van der Waals surface area contributed by atoms with Gasteiger partial charge in [0.1, 0.15) is 5.75 Å². The smallest absolute Gasteiger partial charge is 0.332 e. The number of rotatable bonds is 7. The number of aromatic nitrogens is 4. The average molecular weight is 396 g/mol. The summed E-state index contributed by atoms with van der Waals surface area (Å²) in [6, 6.07) is 7.49. The van der Waals surface area contributed by atoms with Gasteiger partial charge in [0, 0.05) is 20.6 Å². The lowest BCUT2D eigenvalue weighted by Gasteiger charge is -2.08. The molecule has 1 aromatic carbocycles. The van der Waals surface area contributed by atoms with Gasteiger partial charge in [0.25, 0.3) is 5.56 Å². The molecule has 3 aromatic rings. The van der Waals surface area contributed by atoms with Crippen LogP contribution in [0.2, 0.25) is 0 Å². The normalized spacial score (nSPS) is 11.3. The van der Waals surface area contributed by atoms with Crippen molar-refractivity contribution >= 4 is 23.3 Å². The van der Waals surface area contributed by atoms with Gasteiger partial charge in [0.05, 0.1) is 12.8 Å². The van der Waals surface area contributed by atoms with E-state index in [1.54, 1.807) is 17.8 Å². The van der Waals surface area contributed by atoms with Crippen molar-refractivity contribution in [2.45, 2.75) is 20.4 Å². The molecular formula is C20H24N6O3. The third kappa shape index (κ3) is 3.98. The zero-order valence-electron chi connectivity index (χ0n) is 17.0. The molecule has 0 fully saturated rings. The SMILES string of the molecule is C=C(C)Cn1c(N/N=C\c2ccc(OCC)cc2)nc2c1c(=O)n(C)c(=O)n2C. The summed E-state index contributed by atoms with van der Waals surface area (Å²) in [6.07, 6.45) is 1.64. The lowest BCUT2D eigenvalue weighted by atomic mass is 10.2. The van der Waals surface area contributed by atoms with Crippen molar-refractivity contribution in [3.8, 4) is 5.75 Å². The highest BCUT2D eigenvalue weighted by Gasteiger charge is 2.18. The Morgan fingerprint density at radius 2 is 1.93 bits per heavy atom. The van der Waals surface area contributed by atoms with Gasteiger partial charge in [0.15, 0.2) is 11.2 Å². The molecule has 2 aromatic heterocycles. The maximum atomic E-state index is 12.7. The number of nitrogens with zero attached hydrogens (tertiary/aromatic N) is 5. The zero-order valence-corrected chi connectivity index (χ0v) is 17.0. The molecule has 0 spiro atoms. The van der Waals surface area contributed by atoms with Crippen LogP contribution in [0, 0.1) is 0 Å². The van der Waals surface area contributed by atoms with Crippen LogP contribution in [0.5, 0.6) is 5.75 Å². The van der Waals surface area contributed by atoms with Crippen LogP contribution in [0.15, 0.2) is 51.1 Å². The van der Waals surface area contributed by atoms with E-state index in [-0.39, 0.29) is 5.65 Å². The summed E-state index contributed by atoms with van der Waals surface area (Å²) < 4.78 is 9.50. The average Bonchev–Trinajstić information content (AvgIpc) is 3.04. The van der Waals surface area contributed by atoms with Gasteiger partial charge in [0.2, 0.25) is 5.95 Å². The number of nitrogens with one attached hydrogen (secondary N) is 1. The van der Waals surface area contributed by atoms with E-state index in [9.17, 15) is 9.59 Å². The van der Waals surface area contributed by atoms with Crippen LogP contribution >= 0.6 is 0 Å². The first kappa shape index (κ1) is 20.1. The van der Waals surface area contributed by atoms with Crippen LogP contribution in [-0.2, 0) is 20.6 Å². The molecule has 152 valence electrons. The highest BCUT2D eigenvalue weighted by molar-refractivity contribution is 5.80. The van der Waals surface area contributed by atoms with Crippen molar-refractivity contribution in [1.82, 2.24) is 18.7 Å². The Morgan fingerprint density at radius 1 is 1.24 bits per heavy atom. The molecule has 0 saturated carbocycles. The number of hydrogen-bond acceptors (Lipinski definition) is 6. The van der Waals surface area contributed by atoms with Gasteiger partial charge in [-0.25, -0.2) is 10.2 Å². The van der Waals surface area contributed by atoms with Gasteiger partial charge < -0.3 is 4.74 Å². The molecule has 0 amide bonds. The fourth-order valence-electron chi connectivity index (χ4n) is 2.94. The topological polar surface area (TPSA) is 95.4 Å². The molecule has 2 heterocycles. The van der Waals surface area contributed by atoms with E-state index in [0.29, 0.717) is 24.6 Å². The van der Waals surface area contributed by atoms with Gasteiger partial charge >= 0.3 is 5.69 Å². The Balaban J connectivity index is 1.99. The van der Waals surface area contributed by atoms with Gasteiger partial charge in [-0.3, -0.25) is 18.5 Å². The lowest BCUT2D eigenvalue weighted by molar-refractivity contribution is 0.340. The minimum atomic E-state index is -0.438. The molecule has 0 atom stereocenters. The maximum absolute atomic E-state index is 12.7. The Labute approximate surface area is 167 Å². The van der Waals surface area contributed by atoms with Crippen LogP contribution in [0.1, 0.15) is 19.4 Å². The number of hydrazone groups is 1. The molecule has 0 radical (unpaired) electrons. The molecule has 0 aliphatic heterocycles. The van der Waals surface area contributed by atoms with Crippen molar-refractivity contribution in [1.29, 1.82) is 0 Å². The molecule has 29 heavy (non-hydrogen) atoms. The minimum Gasteiger partial charge on any atom is -0.494 e. The molecule has 1 N–H and O–H groups in total. The molecule has 0 aliphatic rings. The Kier molecular flexibility index (Phi) is 5.67. The summed E-state index contributed by atoms with van der Waals surface area (Å²) >= 11 is 0. The van der Waals surface area contributed by atoms with Gasteiger partial charge in [-0.15, -0.1) is 0 Å². The van der Waals surface area contributed by atoms with E-state index in [0.717, 1.165) is 21.5 Å². The molecule has 9 heteroatoms. The van der Waals surface area contributed by atoms with E-state index in [4.69, 9.17) is 4.74 Å². The molecule has 0 unspecified atom stereocenters. The molecular weight excluding hydrogens is 372 g/mol. The van der Waals surface area contributed by atoms with Crippen molar-refractivity contribution in [2.24, 2.45) is 19.2 Å². The minimum absolute atomic E-state index is 0.290. The number of ether oxygens (including phenoxy) is 1. The Hall–Kier alpha value is -3.62. The van der Waals surface area contributed by atoms with E-state index >= 15 is 0 Å². The number of imidazole rings is 1. The van der Waals surface area contributed by atoms with Crippen LogP contribution in [0.25, 0.3) is 11.2 Å². The number of allylic oxidation sites excluding steroid dienone is 1. The first-order chi connectivity index (χ1) is 13.8. The van der Waals surface area contributed by atoms with Crippen LogP contribution < -0.4 is 21.4 Å². The lowest BCUT2D eigenvalue weighted by Crippen LogP contribution is -2.37. The highest BCUT2D eigenvalue weighted by atomic mass is 16.5. The molecule has 0 saturated heterocycles. The monoisotopic (exact) mass is 396 g/mol. The maximum Gasteiger partial charge on any atom is 0.332 e. The van der Waals surface area contributed by atoms with Gasteiger partial charge in [-0.2, -0.15) is 10.1 Å². The first-order valence-corrected chi connectivity index (χ1v) is 9.16. The largest absolute Gasteiger partial charge is 0.494 e. The third-order valence-corrected chi connectivity index (χ3v) is 4.35. The summed E-state index contributed by atoms with van der Waals surface area (Å²) in [4.78, 5) is 29.3. The third-order valence-electron chi connectivity index (χ3n) is 4.35. The first-order valence-electron chi connectivity index (χ1n) is 9.16. The number of anilines is 1. The predicted octanol–water partition coefficient (Wildman–Crippen LogP) is 1.85. The van der Waals surface area contributed by atoms with Crippen LogP contribution in [0.3, 0.4) is 0 Å². The van der Waals surface area contributed by atoms with Gasteiger partial charge in [-0.1, -0.05) is 12.2 Å². The van der Waals surface area contributed by atoms with E-state index < -0.39 is 11.2 Å². The van der Waals surface area contributed by atoms with Gasteiger partial charge in [-0.05, 0) is 43.7 Å². The Morgan fingerprint density at radius 3 is 2.55 bits per heavy atom. The summed E-state index contributed by atoms with van der Waals surface area (Å²) in [5.74, 6) is 1.14. The summed E-state index contributed by atoms with van der Waals surface area (Å²) in [5, 5.41) is 4.23. The standard InChI is InChI=1S/C20H24N6O3/c1-6-29-15-9-7-14(8-10-15)11-21-23-19-22-17-16(26(19)12-13(2)3)18(27)25(5)20(28)24(17)4/h7-11H,2,6,12H2,1,3-5H3,(H,22,23)/b21-11-. The molecule has 9 nitrogen and oxygen atoms in total. The van der Waals surface area contributed by atoms with E-state index in [1.807, 2.05) is 38.1 Å². The number of fused-ring (bicyclic) bond motifs is 1. The van der Waals surface area contributed by atoms with Crippen molar-refractivity contribution < 1.29 is 4.74 Å². The summed E-state index contributed by atoms with van der Waals surface area (Å²) in [7, 11) is 3.02. The molecule has 3 rings (SSSR count). The fraction of sp³-hybridized carbons (Fsp3) is 0.300. The van der Waals surface area contributed by atoms with Crippen LogP contribution in [-0.4, -0.2) is 31.5 Å². The predicted molar refractivity (Wildman–Crippen MR) is 114 cm³/mol. The zero-order chi connectivity index (χ0) is 21.1. The fourth-order valence-corrected chi connectivity index (χ4v) is 2.94. The van der Waals surface area contributed by atoms with Crippen LogP contribution in [0.4, 0.5) is 5.95 Å². The number of aryl methyl sites for hydroxylation is 1. The molecule has 0 aliphatic carbocycles. The van der Waals surface area contributed by atoms with Crippen molar-refractivity contribution in [2.75, 3.05) is 12.0 Å². The van der Waals surface area contributed by atoms with E-state index in [1.165, 1.54) is 11.6 Å². The van der Waals surface area contributed by atoms with Crippen molar-refractivity contribution in [3.63, 3.8) is 0 Å². The van der Waals surface area contributed by atoms with Crippen molar-refractivity contribution in [3.05, 3.63) is 62.8 Å². The van der Waals surface area contributed by atoms with E-state index in [2.05, 4.69) is 22.1 Å². The molecule has 0 bridgehead atoms. The second kappa shape index (κ2) is 8.17. The Bertz CT molecular complexity index is 1200. The number of hydrogen-bond donors (Lipinski definition) is 1. The summed E-state index contributed by atoms with van der Waals surface area (Å²) in [5.41, 5.74) is 4.33. The quantitative estimate of drug-likeness (QED) is 0.374. The second-order valence-electron chi connectivity index (χ2n) is 6.73. The second-order valence-corrected chi connectivity index (χ2v) is 6.73.